The van der Waals surface area contributed by atoms with Crippen LogP contribution in [0.3, 0.4) is 0 Å². The third-order valence-corrected chi connectivity index (χ3v) is 5.72. The van der Waals surface area contributed by atoms with Crippen LogP contribution in [-0.2, 0) is 6.54 Å². The second-order valence-electron chi connectivity index (χ2n) is 7.71. The lowest BCUT2D eigenvalue weighted by Crippen LogP contribution is -2.34. The Balaban J connectivity index is 1.35. The van der Waals surface area contributed by atoms with Crippen molar-refractivity contribution in [3.05, 3.63) is 65.9 Å². The lowest BCUT2D eigenvalue weighted by Gasteiger charge is -2.31. The number of benzene rings is 2. The first kappa shape index (κ1) is 18.8. The smallest absolute Gasteiger partial charge is 0.199 e. The number of methoxy groups -OCH3 is 1. The van der Waals surface area contributed by atoms with E-state index in [4.69, 9.17) is 9.15 Å². The molecule has 1 N–H and O–H groups in total. The molecule has 3 heterocycles. The molecule has 0 radical (unpaired) electrons. The van der Waals surface area contributed by atoms with Crippen molar-refractivity contribution in [2.75, 3.05) is 20.2 Å². The van der Waals surface area contributed by atoms with Crippen LogP contribution in [0.25, 0.3) is 22.4 Å². The lowest BCUT2D eigenvalue weighted by molar-refractivity contribution is 0.187. The molecule has 154 valence electrons. The first-order valence-electron chi connectivity index (χ1n) is 10.2. The van der Waals surface area contributed by atoms with Crippen molar-refractivity contribution in [3.63, 3.8) is 0 Å². The number of aromatic nitrogens is 3. The molecule has 1 atom stereocenters. The number of hydrogen-bond donors (Lipinski definition) is 1. The van der Waals surface area contributed by atoms with Crippen LogP contribution in [0.4, 0.5) is 4.39 Å². The van der Waals surface area contributed by atoms with Gasteiger partial charge in [-0.15, -0.1) is 0 Å². The van der Waals surface area contributed by atoms with Gasteiger partial charge in [0.2, 0.25) is 0 Å². The standard InChI is InChI=1S/C23H23FN4O2/c1-29-17-8-9-18(19(24)11-17)22-16(12-25-27-22)14-28-10-4-5-15(13-28)23-26-20-6-2-3-7-21(20)30-23/h2-3,6-9,11-12,15H,4-5,10,13-14H2,1H3,(H,25,27). The predicted molar refractivity (Wildman–Crippen MR) is 112 cm³/mol. The highest BCUT2D eigenvalue weighted by molar-refractivity contribution is 5.72. The number of para-hydroxylation sites is 2. The molecule has 6 nitrogen and oxygen atoms in total. The van der Waals surface area contributed by atoms with Crippen LogP contribution in [0, 0.1) is 5.82 Å². The number of ether oxygens (including phenoxy) is 1. The summed E-state index contributed by atoms with van der Waals surface area (Å²) in [6, 6.07) is 12.7. The van der Waals surface area contributed by atoms with Crippen molar-refractivity contribution in [1.29, 1.82) is 0 Å². The molecule has 4 aromatic rings. The molecular formula is C23H23FN4O2. The number of oxazole rings is 1. The Morgan fingerprint density at radius 3 is 3.00 bits per heavy atom. The van der Waals surface area contributed by atoms with E-state index in [2.05, 4.69) is 20.1 Å². The minimum absolute atomic E-state index is 0.249. The van der Waals surface area contributed by atoms with Crippen LogP contribution in [0.5, 0.6) is 5.75 Å². The maximum absolute atomic E-state index is 14.6. The minimum atomic E-state index is -0.331. The zero-order valence-electron chi connectivity index (χ0n) is 16.8. The monoisotopic (exact) mass is 406 g/mol. The van der Waals surface area contributed by atoms with E-state index < -0.39 is 0 Å². The van der Waals surface area contributed by atoms with E-state index in [1.54, 1.807) is 18.3 Å². The zero-order valence-corrected chi connectivity index (χ0v) is 16.8. The molecule has 7 heteroatoms. The molecule has 0 bridgehead atoms. The van der Waals surface area contributed by atoms with Crippen LogP contribution in [0.15, 0.2) is 53.1 Å². The minimum Gasteiger partial charge on any atom is -0.497 e. The molecule has 2 aromatic carbocycles. The van der Waals surface area contributed by atoms with E-state index in [1.807, 2.05) is 24.3 Å². The molecule has 5 rings (SSSR count). The van der Waals surface area contributed by atoms with Gasteiger partial charge in [0.1, 0.15) is 17.1 Å². The fourth-order valence-corrected chi connectivity index (χ4v) is 4.20. The Morgan fingerprint density at radius 1 is 1.27 bits per heavy atom. The van der Waals surface area contributed by atoms with Gasteiger partial charge >= 0.3 is 0 Å². The molecule has 0 saturated carbocycles. The fraction of sp³-hybridized carbons (Fsp3) is 0.304. The van der Waals surface area contributed by atoms with Gasteiger partial charge in [-0.2, -0.15) is 5.10 Å². The lowest BCUT2D eigenvalue weighted by atomic mass is 9.97. The van der Waals surface area contributed by atoms with Crippen molar-refractivity contribution in [1.82, 2.24) is 20.1 Å². The van der Waals surface area contributed by atoms with Gasteiger partial charge in [-0.25, -0.2) is 9.37 Å². The third-order valence-electron chi connectivity index (χ3n) is 5.72. The van der Waals surface area contributed by atoms with Crippen molar-refractivity contribution in [2.45, 2.75) is 25.3 Å². The van der Waals surface area contributed by atoms with E-state index in [1.165, 1.54) is 13.2 Å². The summed E-state index contributed by atoms with van der Waals surface area (Å²) in [5.41, 5.74) is 3.90. The van der Waals surface area contributed by atoms with Gasteiger partial charge in [-0.1, -0.05) is 12.1 Å². The second-order valence-corrected chi connectivity index (χ2v) is 7.71. The van der Waals surface area contributed by atoms with Gasteiger partial charge in [0.15, 0.2) is 11.5 Å². The summed E-state index contributed by atoms with van der Waals surface area (Å²) in [6.07, 6.45) is 3.89. The second kappa shape index (κ2) is 7.91. The molecule has 0 amide bonds. The normalized spacial score (nSPS) is 17.5. The van der Waals surface area contributed by atoms with Gasteiger partial charge in [-0.05, 0) is 43.7 Å². The Morgan fingerprint density at radius 2 is 2.17 bits per heavy atom. The summed E-state index contributed by atoms with van der Waals surface area (Å²) in [7, 11) is 1.53. The Hall–Kier alpha value is -3.19. The number of likely N-dealkylation sites (tertiary alicyclic amines) is 1. The van der Waals surface area contributed by atoms with E-state index in [-0.39, 0.29) is 11.7 Å². The number of aromatic amines is 1. The summed E-state index contributed by atoms with van der Waals surface area (Å²) >= 11 is 0. The topological polar surface area (TPSA) is 67.2 Å². The molecule has 0 spiro atoms. The van der Waals surface area contributed by atoms with Gasteiger partial charge in [-0.3, -0.25) is 10.00 Å². The molecule has 1 aliphatic heterocycles. The Bertz CT molecular complexity index is 1140. The quantitative estimate of drug-likeness (QED) is 0.518. The number of piperidine rings is 1. The largest absolute Gasteiger partial charge is 0.497 e. The summed E-state index contributed by atoms with van der Waals surface area (Å²) in [5, 5.41) is 7.14. The van der Waals surface area contributed by atoms with Crippen molar-refractivity contribution >= 4 is 11.1 Å². The van der Waals surface area contributed by atoms with Crippen molar-refractivity contribution in [2.24, 2.45) is 0 Å². The molecule has 30 heavy (non-hydrogen) atoms. The molecule has 1 saturated heterocycles. The van der Waals surface area contributed by atoms with Crippen LogP contribution < -0.4 is 4.74 Å². The first-order chi connectivity index (χ1) is 14.7. The number of halogens is 1. The maximum atomic E-state index is 14.6. The zero-order chi connectivity index (χ0) is 20.5. The van der Waals surface area contributed by atoms with Crippen molar-refractivity contribution in [3.8, 4) is 17.0 Å². The molecule has 2 aromatic heterocycles. The predicted octanol–water partition coefficient (Wildman–Crippen LogP) is 4.75. The summed E-state index contributed by atoms with van der Waals surface area (Å²) in [5.74, 6) is 1.21. The highest BCUT2D eigenvalue weighted by Crippen LogP contribution is 2.32. The third kappa shape index (κ3) is 3.57. The van der Waals surface area contributed by atoms with E-state index in [0.717, 1.165) is 48.5 Å². The maximum Gasteiger partial charge on any atom is 0.199 e. The van der Waals surface area contributed by atoms with Gasteiger partial charge in [0.25, 0.3) is 0 Å². The number of nitrogens with one attached hydrogen (secondary N) is 1. The highest BCUT2D eigenvalue weighted by Gasteiger charge is 2.26. The number of rotatable bonds is 5. The first-order valence-corrected chi connectivity index (χ1v) is 10.2. The number of H-pyrrole nitrogens is 1. The van der Waals surface area contributed by atoms with Crippen LogP contribution >= 0.6 is 0 Å². The number of fused-ring (bicyclic) bond motifs is 1. The molecule has 0 aliphatic carbocycles. The Labute approximate surface area is 173 Å². The molecule has 1 fully saturated rings. The number of nitrogens with zero attached hydrogens (tertiary/aromatic N) is 3. The Kier molecular flexibility index (Phi) is 4.96. The van der Waals surface area contributed by atoms with Crippen LogP contribution in [0.1, 0.15) is 30.2 Å². The number of hydrogen-bond acceptors (Lipinski definition) is 5. The molecule has 1 aliphatic rings. The highest BCUT2D eigenvalue weighted by atomic mass is 19.1. The van der Waals surface area contributed by atoms with Gasteiger partial charge in [0.05, 0.1) is 19.0 Å². The van der Waals surface area contributed by atoms with E-state index >= 15 is 0 Å². The fourth-order valence-electron chi connectivity index (χ4n) is 4.20. The van der Waals surface area contributed by atoms with E-state index in [9.17, 15) is 4.39 Å². The average molecular weight is 406 g/mol. The summed E-state index contributed by atoms with van der Waals surface area (Å²) in [4.78, 5) is 7.05. The van der Waals surface area contributed by atoms with Gasteiger partial charge < -0.3 is 9.15 Å². The molecular weight excluding hydrogens is 383 g/mol. The van der Waals surface area contributed by atoms with Crippen molar-refractivity contribution < 1.29 is 13.5 Å². The van der Waals surface area contributed by atoms with Crippen LogP contribution in [0.2, 0.25) is 0 Å². The molecule has 1 unspecified atom stereocenters. The van der Waals surface area contributed by atoms with Gasteiger partial charge in [0, 0.05) is 36.2 Å². The summed E-state index contributed by atoms with van der Waals surface area (Å²) in [6.45, 7) is 2.52. The van der Waals surface area contributed by atoms with Crippen LogP contribution in [-0.4, -0.2) is 40.3 Å². The van der Waals surface area contributed by atoms with E-state index in [0.29, 0.717) is 23.6 Å². The summed E-state index contributed by atoms with van der Waals surface area (Å²) < 4.78 is 25.7. The average Bonchev–Trinajstić information content (AvgIpc) is 3.41. The SMILES string of the molecule is COc1ccc(-c2[nH]ncc2CN2CCCC(c3nc4ccccc4o3)C2)c(F)c1.